The summed E-state index contributed by atoms with van der Waals surface area (Å²) in [5.74, 6) is 0.999. The number of benzene rings is 1. The summed E-state index contributed by atoms with van der Waals surface area (Å²) in [6.45, 7) is 0.745. The van der Waals surface area contributed by atoms with Crippen LogP contribution < -0.4 is 5.73 Å². The molecule has 2 N–H and O–H groups in total. The second-order valence-electron chi connectivity index (χ2n) is 2.31. The third-order valence-corrected chi connectivity index (χ3v) is 3.23. The Morgan fingerprint density at radius 2 is 1.75 bits per heavy atom. The Hall–Kier alpha value is -0.120. The number of nitrogens with two attached hydrogens (primary N) is 1. The maximum Gasteiger partial charge on any atom is 0.0103 e. The van der Waals surface area contributed by atoms with E-state index in [1.54, 1.807) is 23.5 Å². The summed E-state index contributed by atoms with van der Waals surface area (Å²) in [4.78, 5) is 2.62. The van der Waals surface area contributed by atoms with E-state index in [2.05, 4.69) is 30.5 Å². The van der Waals surface area contributed by atoms with Crippen LogP contribution in [0.25, 0.3) is 0 Å². The standard InChI is InChI=1S/C9H13NS2/c1-11-8-2-4-9(5-3-8)12-7-6-10/h2-5H,6-7,10H2,1H3. The van der Waals surface area contributed by atoms with E-state index in [4.69, 9.17) is 5.73 Å². The highest BCUT2D eigenvalue weighted by molar-refractivity contribution is 7.99. The van der Waals surface area contributed by atoms with E-state index >= 15 is 0 Å². The third kappa shape index (κ3) is 3.09. The lowest BCUT2D eigenvalue weighted by Gasteiger charge is -2.00. The van der Waals surface area contributed by atoms with Crippen molar-refractivity contribution in [2.45, 2.75) is 9.79 Å². The van der Waals surface area contributed by atoms with Crippen LogP contribution in [0.4, 0.5) is 0 Å². The van der Waals surface area contributed by atoms with E-state index in [1.165, 1.54) is 9.79 Å². The summed E-state index contributed by atoms with van der Waals surface area (Å²) in [6, 6.07) is 8.57. The van der Waals surface area contributed by atoms with Gasteiger partial charge in [-0.15, -0.1) is 23.5 Å². The first-order valence-corrected chi connectivity index (χ1v) is 6.05. The lowest BCUT2D eigenvalue weighted by molar-refractivity contribution is 1.15. The molecule has 0 unspecified atom stereocenters. The van der Waals surface area contributed by atoms with E-state index < -0.39 is 0 Å². The third-order valence-electron chi connectivity index (χ3n) is 1.45. The second kappa shape index (κ2) is 5.51. The fourth-order valence-electron chi connectivity index (χ4n) is 0.849. The molecule has 1 rings (SSSR count). The molecule has 1 aromatic carbocycles. The topological polar surface area (TPSA) is 26.0 Å². The highest BCUT2D eigenvalue weighted by Crippen LogP contribution is 2.21. The van der Waals surface area contributed by atoms with Crippen molar-refractivity contribution >= 4 is 23.5 Å². The van der Waals surface area contributed by atoms with Crippen LogP contribution in [0.5, 0.6) is 0 Å². The molecule has 12 heavy (non-hydrogen) atoms. The van der Waals surface area contributed by atoms with E-state index in [1.807, 2.05) is 0 Å². The van der Waals surface area contributed by atoms with Gasteiger partial charge >= 0.3 is 0 Å². The Bertz CT molecular complexity index is 220. The summed E-state index contributed by atoms with van der Waals surface area (Å²) in [5.41, 5.74) is 5.41. The van der Waals surface area contributed by atoms with Gasteiger partial charge in [-0.3, -0.25) is 0 Å². The van der Waals surface area contributed by atoms with Gasteiger partial charge in [-0.25, -0.2) is 0 Å². The molecule has 0 saturated carbocycles. The zero-order valence-electron chi connectivity index (χ0n) is 7.12. The number of hydrogen-bond acceptors (Lipinski definition) is 3. The Morgan fingerprint density at radius 3 is 2.25 bits per heavy atom. The molecule has 1 nitrogen and oxygen atoms in total. The van der Waals surface area contributed by atoms with Crippen LogP contribution in [-0.4, -0.2) is 18.6 Å². The van der Waals surface area contributed by atoms with Gasteiger partial charge in [0.25, 0.3) is 0 Å². The average molecular weight is 199 g/mol. The van der Waals surface area contributed by atoms with Crippen molar-refractivity contribution in [2.75, 3.05) is 18.6 Å². The molecule has 3 heteroatoms. The normalized spacial score (nSPS) is 10.2. The monoisotopic (exact) mass is 199 g/mol. The molecule has 0 spiro atoms. The molecule has 0 amide bonds. The van der Waals surface area contributed by atoms with Crippen LogP contribution in [0.1, 0.15) is 0 Å². The van der Waals surface area contributed by atoms with Gasteiger partial charge in [-0.05, 0) is 30.5 Å². The molecule has 0 radical (unpaired) electrons. The van der Waals surface area contributed by atoms with Crippen molar-refractivity contribution in [1.82, 2.24) is 0 Å². The largest absolute Gasteiger partial charge is 0.330 e. The lowest BCUT2D eigenvalue weighted by Crippen LogP contribution is -2.00. The highest BCUT2D eigenvalue weighted by atomic mass is 32.2. The van der Waals surface area contributed by atoms with Crippen molar-refractivity contribution in [3.63, 3.8) is 0 Å². The van der Waals surface area contributed by atoms with Crippen molar-refractivity contribution in [2.24, 2.45) is 5.73 Å². The van der Waals surface area contributed by atoms with Gasteiger partial charge < -0.3 is 5.73 Å². The summed E-state index contributed by atoms with van der Waals surface area (Å²) in [7, 11) is 0. The maximum atomic E-state index is 5.41. The molecule has 0 atom stereocenters. The second-order valence-corrected chi connectivity index (χ2v) is 4.36. The number of thioether (sulfide) groups is 2. The molecule has 0 aromatic heterocycles. The molecule has 0 aliphatic carbocycles. The number of hydrogen-bond donors (Lipinski definition) is 1. The van der Waals surface area contributed by atoms with Gasteiger partial charge in [0.1, 0.15) is 0 Å². The average Bonchev–Trinajstić information content (AvgIpc) is 2.15. The van der Waals surface area contributed by atoms with Gasteiger partial charge in [0.2, 0.25) is 0 Å². The van der Waals surface area contributed by atoms with E-state index in [0.717, 1.165) is 12.3 Å². The molecule has 0 aliphatic rings. The Morgan fingerprint density at radius 1 is 1.17 bits per heavy atom. The van der Waals surface area contributed by atoms with Crippen LogP contribution in [0.15, 0.2) is 34.1 Å². The molecule has 66 valence electrons. The quantitative estimate of drug-likeness (QED) is 0.754. The molecular formula is C9H13NS2. The van der Waals surface area contributed by atoms with Crippen molar-refractivity contribution in [1.29, 1.82) is 0 Å². The van der Waals surface area contributed by atoms with Crippen LogP contribution in [0.3, 0.4) is 0 Å². The first-order chi connectivity index (χ1) is 5.86. The van der Waals surface area contributed by atoms with Gasteiger partial charge in [-0.1, -0.05) is 0 Å². The van der Waals surface area contributed by atoms with Crippen molar-refractivity contribution in [3.05, 3.63) is 24.3 Å². The fourth-order valence-corrected chi connectivity index (χ4v) is 1.94. The molecule has 0 bridgehead atoms. The summed E-state index contributed by atoms with van der Waals surface area (Å²) < 4.78 is 0. The Balaban J connectivity index is 2.53. The lowest BCUT2D eigenvalue weighted by atomic mass is 10.4. The first-order valence-electron chi connectivity index (χ1n) is 3.83. The summed E-state index contributed by atoms with van der Waals surface area (Å²) in [5, 5.41) is 0. The smallest absolute Gasteiger partial charge is 0.0103 e. The minimum atomic E-state index is 0.745. The highest BCUT2D eigenvalue weighted by Gasteiger charge is 1.92. The predicted octanol–water partition coefficient (Wildman–Crippen LogP) is 2.46. The van der Waals surface area contributed by atoms with E-state index in [9.17, 15) is 0 Å². The van der Waals surface area contributed by atoms with Crippen LogP contribution in [0, 0.1) is 0 Å². The number of rotatable bonds is 4. The maximum absolute atomic E-state index is 5.41. The molecular weight excluding hydrogens is 186 g/mol. The molecule has 0 heterocycles. The van der Waals surface area contributed by atoms with Gasteiger partial charge in [0, 0.05) is 22.1 Å². The van der Waals surface area contributed by atoms with E-state index in [0.29, 0.717) is 0 Å². The van der Waals surface area contributed by atoms with Crippen LogP contribution in [0.2, 0.25) is 0 Å². The van der Waals surface area contributed by atoms with Crippen LogP contribution in [-0.2, 0) is 0 Å². The minimum Gasteiger partial charge on any atom is -0.330 e. The summed E-state index contributed by atoms with van der Waals surface area (Å²) in [6.07, 6.45) is 2.09. The molecule has 0 aliphatic heterocycles. The predicted molar refractivity (Wildman–Crippen MR) is 58.0 cm³/mol. The molecule has 0 saturated heterocycles. The van der Waals surface area contributed by atoms with Gasteiger partial charge in [-0.2, -0.15) is 0 Å². The molecule has 1 aromatic rings. The minimum absolute atomic E-state index is 0.745. The summed E-state index contributed by atoms with van der Waals surface area (Å²) >= 11 is 3.57. The molecule has 0 fully saturated rings. The zero-order chi connectivity index (χ0) is 8.81. The Kier molecular flexibility index (Phi) is 4.58. The zero-order valence-corrected chi connectivity index (χ0v) is 8.75. The fraction of sp³-hybridized carbons (Fsp3) is 0.333. The first kappa shape index (κ1) is 9.96. The van der Waals surface area contributed by atoms with Crippen molar-refractivity contribution < 1.29 is 0 Å². The Labute approximate surface area is 82.1 Å². The van der Waals surface area contributed by atoms with Crippen molar-refractivity contribution in [3.8, 4) is 0 Å². The van der Waals surface area contributed by atoms with E-state index in [-0.39, 0.29) is 0 Å². The SMILES string of the molecule is CSc1ccc(SCCN)cc1. The van der Waals surface area contributed by atoms with Gasteiger partial charge in [0.15, 0.2) is 0 Å². The van der Waals surface area contributed by atoms with Gasteiger partial charge in [0.05, 0.1) is 0 Å². The van der Waals surface area contributed by atoms with Crippen LogP contribution >= 0.6 is 23.5 Å².